The molecule has 0 radical (unpaired) electrons. The lowest BCUT2D eigenvalue weighted by Gasteiger charge is -2.28. The Hall–Kier alpha value is -1.84. The molecule has 1 unspecified atom stereocenters. The Morgan fingerprint density at radius 3 is 2.65 bits per heavy atom. The summed E-state index contributed by atoms with van der Waals surface area (Å²) >= 11 is 0. The summed E-state index contributed by atoms with van der Waals surface area (Å²) in [4.78, 5) is 24.2. The lowest BCUT2D eigenvalue weighted by atomic mass is 10.0. The van der Waals surface area contributed by atoms with Gasteiger partial charge < -0.3 is 9.64 Å². The fraction of sp³-hybridized carbons (Fsp3) is 0.500. The third kappa shape index (κ3) is 5.03. The van der Waals surface area contributed by atoms with Crippen LogP contribution in [0.15, 0.2) is 30.3 Å². The Kier molecular flexibility index (Phi) is 7.40. The van der Waals surface area contributed by atoms with Crippen molar-refractivity contribution in [1.29, 1.82) is 0 Å². The molecular weight excluding hydrogens is 254 g/mol. The molecule has 4 nitrogen and oxygen atoms in total. The van der Waals surface area contributed by atoms with Crippen molar-refractivity contribution >= 4 is 12.4 Å². The minimum absolute atomic E-state index is 0.0551. The Morgan fingerprint density at radius 2 is 2.05 bits per heavy atom. The van der Waals surface area contributed by atoms with Crippen molar-refractivity contribution in [3.63, 3.8) is 0 Å². The zero-order valence-corrected chi connectivity index (χ0v) is 12.2. The lowest BCUT2D eigenvalue weighted by Crippen LogP contribution is -2.31. The zero-order valence-electron chi connectivity index (χ0n) is 12.2. The standard InChI is InChI=1S/C16H23NO3/c1-3-4-10-16(19)17(2)15(11-12-20-13-18)14-8-6-5-7-9-14/h5-9,13,15H,3-4,10-12H2,1-2H3. The van der Waals surface area contributed by atoms with Crippen LogP contribution in [0.1, 0.15) is 44.2 Å². The summed E-state index contributed by atoms with van der Waals surface area (Å²) in [5.74, 6) is 0.131. The van der Waals surface area contributed by atoms with E-state index < -0.39 is 0 Å². The minimum Gasteiger partial charge on any atom is -0.468 e. The highest BCUT2D eigenvalue weighted by molar-refractivity contribution is 5.76. The van der Waals surface area contributed by atoms with E-state index in [1.54, 1.807) is 4.90 Å². The van der Waals surface area contributed by atoms with Crippen LogP contribution in [-0.2, 0) is 14.3 Å². The molecule has 20 heavy (non-hydrogen) atoms. The van der Waals surface area contributed by atoms with E-state index in [0.29, 0.717) is 25.9 Å². The van der Waals surface area contributed by atoms with Crippen molar-refractivity contribution in [2.75, 3.05) is 13.7 Å². The van der Waals surface area contributed by atoms with Crippen LogP contribution in [0.2, 0.25) is 0 Å². The molecule has 0 aliphatic rings. The second-order valence-electron chi connectivity index (χ2n) is 4.79. The van der Waals surface area contributed by atoms with E-state index >= 15 is 0 Å². The number of benzene rings is 1. The summed E-state index contributed by atoms with van der Waals surface area (Å²) in [5.41, 5.74) is 1.06. The molecule has 1 aromatic rings. The van der Waals surface area contributed by atoms with Crippen LogP contribution in [0.4, 0.5) is 0 Å². The van der Waals surface area contributed by atoms with Crippen LogP contribution in [0, 0.1) is 0 Å². The van der Waals surface area contributed by atoms with Gasteiger partial charge in [-0.05, 0) is 12.0 Å². The Bertz CT molecular complexity index is 405. The molecule has 1 aromatic carbocycles. The van der Waals surface area contributed by atoms with Gasteiger partial charge in [0, 0.05) is 19.9 Å². The number of ether oxygens (including phenoxy) is 1. The van der Waals surface area contributed by atoms with Crippen LogP contribution in [0.3, 0.4) is 0 Å². The van der Waals surface area contributed by atoms with E-state index in [1.807, 2.05) is 37.4 Å². The van der Waals surface area contributed by atoms with E-state index in [0.717, 1.165) is 18.4 Å². The first kappa shape index (κ1) is 16.2. The molecule has 0 aromatic heterocycles. The quantitative estimate of drug-likeness (QED) is 0.515. The Balaban J connectivity index is 2.75. The molecule has 0 heterocycles. The van der Waals surface area contributed by atoms with Crippen LogP contribution in [0.25, 0.3) is 0 Å². The van der Waals surface area contributed by atoms with Crippen LogP contribution < -0.4 is 0 Å². The van der Waals surface area contributed by atoms with Gasteiger partial charge in [-0.1, -0.05) is 43.7 Å². The van der Waals surface area contributed by atoms with Gasteiger partial charge in [-0.25, -0.2) is 0 Å². The highest BCUT2D eigenvalue weighted by Crippen LogP contribution is 2.24. The van der Waals surface area contributed by atoms with E-state index in [1.165, 1.54) is 0 Å². The molecule has 4 heteroatoms. The minimum atomic E-state index is -0.0551. The molecule has 0 saturated heterocycles. The number of hydrogen-bond acceptors (Lipinski definition) is 3. The van der Waals surface area contributed by atoms with E-state index in [4.69, 9.17) is 4.74 Å². The molecule has 1 amide bonds. The Morgan fingerprint density at radius 1 is 1.35 bits per heavy atom. The summed E-state index contributed by atoms with van der Waals surface area (Å²) in [6.45, 7) is 2.83. The fourth-order valence-corrected chi connectivity index (χ4v) is 2.17. The maximum atomic E-state index is 12.2. The number of rotatable bonds is 9. The predicted molar refractivity (Wildman–Crippen MR) is 78.1 cm³/mol. The first-order chi connectivity index (χ1) is 9.70. The normalized spacial score (nSPS) is 11.7. The highest BCUT2D eigenvalue weighted by atomic mass is 16.5. The van der Waals surface area contributed by atoms with Crippen molar-refractivity contribution in [3.8, 4) is 0 Å². The van der Waals surface area contributed by atoms with Crippen molar-refractivity contribution in [3.05, 3.63) is 35.9 Å². The summed E-state index contributed by atoms with van der Waals surface area (Å²) in [6, 6.07) is 9.78. The first-order valence-corrected chi connectivity index (χ1v) is 7.06. The third-order valence-corrected chi connectivity index (χ3v) is 3.37. The van der Waals surface area contributed by atoms with Crippen LogP contribution in [0.5, 0.6) is 0 Å². The van der Waals surface area contributed by atoms with Gasteiger partial charge in [-0.3, -0.25) is 9.59 Å². The monoisotopic (exact) mass is 277 g/mol. The van der Waals surface area contributed by atoms with E-state index in [-0.39, 0.29) is 11.9 Å². The van der Waals surface area contributed by atoms with Crippen molar-refractivity contribution < 1.29 is 14.3 Å². The SMILES string of the molecule is CCCCC(=O)N(C)C(CCOC=O)c1ccccc1. The number of amides is 1. The van der Waals surface area contributed by atoms with Gasteiger partial charge in [0.25, 0.3) is 6.47 Å². The molecular formula is C16H23NO3. The smallest absolute Gasteiger partial charge is 0.293 e. The van der Waals surface area contributed by atoms with Gasteiger partial charge in [0.15, 0.2) is 0 Å². The zero-order chi connectivity index (χ0) is 14.8. The average Bonchev–Trinajstić information content (AvgIpc) is 2.49. The molecule has 0 fully saturated rings. The maximum Gasteiger partial charge on any atom is 0.293 e. The molecule has 110 valence electrons. The number of unbranched alkanes of at least 4 members (excludes halogenated alkanes) is 1. The largest absolute Gasteiger partial charge is 0.468 e. The van der Waals surface area contributed by atoms with Crippen molar-refractivity contribution in [2.45, 2.75) is 38.6 Å². The van der Waals surface area contributed by atoms with Gasteiger partial charge in [0.05, 0.1) is 12.6 Å². The molecule has 0 saturated carbocycles. The number of nitrogens with zero attached hydrogens (tertiary/aromatic N) is 1. The molecule has 0 N–H and O–H groups in total. The van der Waals surface area contributed by atoms with Crippen molar-refractivity contribution in [2.24, 2.45) is 0 Å². The number of carbonyl (C=O) groups is 2. The summed E-state index contributed by atoms with van der Waals surface area (Å²) in [7, 11) is 1.82. The van der Waals surface area contributed by atoms with Crippen LogP contribution >= 0.6 is 0 Å². The second kappa shape index (κ2) is 9.13. The van der Waals surface area contributed by atoms with Gasteiger partial charge in [-0.15, -0.1) is 0 Å². The Labute approximate surface area is 120 Å². The average molecular weight is 277 g/mol. The maximum absolute atomic E-state index is 12.2. The molecule has 1 atom stereocenters. The number of hydrogen-bond donors (Lipinski definition) is 0. The first-order valence-electron chi connectivity index (χ1n) is 7.06. The summed E-state index contributed by atoms with van der Waals surface area (Å²) in [6.07, 6.45) is 3.07. The molecule has 0 bridgehead atoms. The molecule has 0 aliphatic heterocycles. The van der Waals surface area contributed by atoms with Crippen LogP contribution in [-0.4, -0.2) is 30.9 Å². The van der Waals surface area contributed by atoms with Gasteiger partial charge in [0.1, 0.15) is 0 Å². The van der Waals surface area contributed by atoms with Crippen molar-refractivity contribution in [1.82, 2.24) is 4.90 Å². The topological polar surface area (TPSA) is 46.6 Å². The fourth-order valence-electron chi connectivity index (χ4n) is 2.17. The summed E-state index contributed by atoms with van der Waals surface area (Å²) < 4.78 is 4.78. The lowest BCUT2D eigenvalue weighted by molar-refractivity contribution is -0.133. The molecule has 0 aliphatic carbocycles. The second-order valence-corrected chi connectivity index (χ2v) is 4.79. The summed E-state index contributed by atoms with van der Waals surface area (Å²) in [5, 5.41) is 0. The van der Waals surface area contributed by atoms with Gasteiger partial charge >= 0.3 is 0 Å². The molecule has 1 rings (SSSR count). The predicted octanol–water partition coefficient (Wildman–Crippen LogP) is 2.94. The molecule has 0 spiro atoms. The van der Waals surface area contributed by atoms with Gasteiger partial charge in [0.2, 0.25) is 5.91 Å². The number of carbonyl (C=O) groups excluding carboxylic acids is 2. The van der Waals surface area contributed by atoms with E-state index in [2.05, 4.69) is 6.92 Å². The third-order valence-electron chi connectivity index (χ3n) is 3.37. The highest BCUT2D eigenvalue weighted by Gasteiger charge is 2.21. The van der Waals surface area contributed by atoms with E-state index in [9.17, 15) is 9.59 Å². The van der Waals surface area contributed by atoms with Gasteiger partial charge in [-0.2, -0.15) is 0 Å².